The van der Waals surface area contributed by atoms with Gasteiger partial charge in [0.1, 0.15) is 16.8 Å². The zero-order valence-electron chi connectivity index (χ0n) is 14.4. The average molecular weight is 380 g/mol. The van der Waals surface area contributed by atoms with Crippen molar-refractivity contribution in [2.45, 2.75) is 4.90 Å². The molecule has 0 saturated carbocycles. The number of sulfonamides is 1. The quantitative estimate of drug-likeness (QED) is 0.574. The van der Waals surface area contributed by atoms with E-state index in [2.05, 4.69) is 14.9 Å². The Morgan fingerprint density at radius 2 is 1.59 bits per heavy atom. The lowest BCUT2D eigenvalue weighted by molar-refractivity contribution is 0.414. The number of aromatic nitrogens is 3. The number of benzene rings is 3. The fourth-order valence-electron chi connectivity index (χ4n) is 2.62. The van der Waals surface area contributed by atoms with Crippen LogP contribution < -0.4 is 9.46 Å². The summed E-state index contributed by atoms with van der Waals surface area (Å²) in [7, 11) is -2.05. The highest BCUT2D eigenvalue weighted by Gasteiger charge is 2.14. The molecule has 0 saturated heterocycles. The molecule has 0 amide bonds. The van der Waals surface area contributed by atoms with E-state index in [0.29, 0.717) is 16.7 Å². The molecular weight excluding hydrogens is 364 g/mol. The Labute approximate surface area is 156 Å². The van der Waals surface area contributed by atoms with Crippen molar-refractivity contribution < 1.29 is 13.2 Å². The maximum atomic E-state index is 12.5. The van der Waals surface area contributed by atoms with Crippen molar-refractivity contribution in [3.63, 3.8) is 0 Å². The first-order valence-corrected chi connectivity index (χ1v) is 9.63. The molecule has 0 fully saturated rings. The summed E-state index contributed by atoms with van der Waals surface area (Å²) >= 11 is 0. The summed E-state index contributed by atoms with van der Waals surface area (Å²) in [4.78, 5) is 1.70. The van der Waals surface area contributed by atoms with E-state index in [4.69, 9.17) is 4.74 Å². The molecule has 4 aromatic rings. The summed E-state index contributed by atoms with van der Waals surface area (Å²) in [6, 6.07) is 20.6. The van der Waals surface area contributed by atoms with Gasteiger partial charge in [-0.05, 0) is 54.6 Å². The van der Waals surface area contributed by atoms with Crippen LogP contribution in [-0.2, 0) is 10.0 Å². The van der Waals surface area contributed by atoms with Crippen LogP contribution in [0.4, 0.5) is 5.69 Å². The van der Waals surface area contributed by atoms with E-state index in [-0.39, 0.29) is 4.90 Å². The summed E-state index contributed by atoms with van der Waals surface area (Å²) < 4.78 is 32.6. The Morgan fingerprint density at radius 3 is 2.30 bits per heavy atom. The van der Waals surface area contributed by atoms with Crippen molar-refractivity contribution in [3.05, 3.63) is 72.8 Å². The molecular formula is C19H16N4O3S. The molecule has 0 spiro atoms. The largest absolute Gasteiger partial charge is 0.497 e. The molecule has 0 aliphatic carbocycles. The normalized spacial score (nSPS) is 11.4. The van der Waals surface area contributed by atoms with E-state index >= 15 is 0 Å². The average Bonchev–Trinajstić information content (AvgIpc) is 3.12. The Morgan fingerprint density at radius 1 is 0.889 bits per heavy atom. The molecule has 0 bridgehead atoms. The number of methoxy groups -OCH3 is 1. The fraction of sp³-hybridized carbons (Fsp3) is 0.0526. The maximum absolute atomic E-state index is 12.5. The second-order valence-corrected chi connectivity index (χ2v) is 7.49. The SMILES string of the molecule is COc1ccc(-n2nc3ccc(NS(=O)(=O)c4ccccc4)cc3n2)cc1. The van der Waals surface area contributed by atoms with Gasteiger partial charge in [-0.25, -0.2) is 8.42 Å². The van der Waals surface area contributed by atoms with Crippen LogP contribution >= 0.6 is 0 Å². The second kappa shape index (κ2) is 6.73. The summed E-state index contributed by atoms with van der Waals surface area (Å²) in [6.45, 7) is 0. The van der Waals surface area contributed by atoms with E-state index in [1.54, 1.807) is 55.6 Å². The van der Waals surface area contributed by atoms with Crippen LogP contribution in [0.1, 0.15) is 0 Å². The number of anilines is 1. The van der Waals surface area contributed by atoms with Gasteiger partial charge in [-0.3, -0.25) is 4.72 Å². The van der Waals surface area contributed by atoms with E-state index in [1.165, 1.54) is 4.80 Å². The first-order chi connectivity index (χ1) is 13.0. The van der Waals surface area contributed by atoms with Crippen LogP contribution in [0.5, 0.6) is 5.75 Å². The monoisotopic (exact) mass is 380 g/mol. The molecule has 1 N–H and O–H groups in total. The number of nitrogens with zero attached hydrogens (tertiary/aromatic N) is 3. The smallest absolute Gasteiger partial charge is 0.261 e. The van der Waals surface area contributed by atoms with Crippen LogP contribution in [0, 0.1) is 0 Å². The Bertz CT molecular complexity index is 1190. The van der Waals surface area contributed by atoms with Gasteiger partial charge in [0.2, 0.25) is 0 Å². The van der Waals surface area contributed by atoms with Gasteiger partial charge in [0.25, 0.3) is 10.0 Å². The van der Waals surface area contributed by atoms with E-state index in [9.17, 15) is 8.42 Å². The van der Waals surface area contributed by atoms with Gasteiger partial charge in [-0.15, -0.1) is 10.2 Å². The van der Waals surface area contributed by atoms with E-state index in [0.717, 1.165) is 11.4 Å². The molecule has 3 aromatic carbocycles. The molecule has 136 valence electrons. The minimum Gasteiger partial charge on any atom is -0.497 e. The number of ether oxygens (including phenoxy) is 1. The molecule has 0 radical (unpaired) electrons. The third-order valence-corrected chi connectivity index (χ3v) is 5.39. The molecule has 0 aliphatic heterocycles. The summed E-state index contributed by atoms with van der Waals surface area (Å²) in [5.74, 6) is 0.744. The second-order valence-electron chi connectivity index (χ2n) is 5.81. The number of nitrogens with one attached hydrogen (secondary N) is 1. The highest BCUT2D eigenvalue weighted by Crippen LogP contribution is 2.21. The summed E-state index contributed by atoms with van der Waals surface area (Å²) in [5.41, 5.74) is 2.44. The molecule has 1 heterocycles. The number of hydrogen-bond donors (Lipinski definition) is 1. The van der Waals surface area contributed by atoms with Gasteiger partial charge in [0.15, 0.2) is 0 Å². The van der Waals surface area contributed by atoms with E-state index < -0.39 is 10.0 Å². The molecule has 0 unspecified atom stereocenters. The standard InChI is InChI=1S/C19H16N4O3S/c1-26-16-10-8-15(9-11-16)23-20-18-12-7-14(13-19(18)21-23)22-27(24,25)17-5-3-2-4-6-17/h2-13,22H,1H3. The Hall–Kier alpha value is -3.39. The lowest BCUT2D eigenvalue weighted by Crippen LogP contribution is -2.12. The van der Waals surface area contributed by atoms with Crippen LogP contribution in [-0.4, -0.2) is 30.5 Å². The predicted molar refractivity (Wildman–Crippen MR) is 103 cm³/mol. The zero-order chi connectivity index (χ0) is 18.9. The van der Waals surface area contributed by atoms with Crippen LogP contribution in [0.15, 0.2) is 77.7 Å². The molecule has 7 nitrogen and oxygen atoms in total. The highest BCUT2D eigenvalue weighted by molar-refractivity contribution is 7.92. The van der Waals surface area contributed by atoms with Gasteiger partial charge < -0.3 is 4.74 Å². The third kappa shape index (κ3) is 3.47. The molecule has 0 atom stereocenters. The zero-order valence-corrected chi connectivity index (χ0v) is 15.2. The van der Waals surface area contributed by atoms with E-state index in [1.807, 2.05) is 24.3 Å². The van der Waals surface area contributed by atoms with Crippen molar-refractivity contribution in [2.24, 2.45) is 0 Å². The maximum Gasteiger partial charge on any atom is 0.261 e. The molecule has 1 aromatic heterocycles. The Balaban J connectivity index is 1.64. The highest BCUT2D eigenvalue weighted by atomic mass is 32.2. The number of fused-ring (bicyclic) bond motifs is 1. The van der Waals surface area contributed by atoms with Crippen molar-refractivity contribution in [1.82, 2.24) is 15.0 Å². The fourth-order valence-corrected chi connectivity index (χ4v) is 3.69. The van der Waals surface area contributed by atoms with Gasteiger partial charge >= 0.3 is 0 Å². The molecule has 4 rings (SSSR count). The third-order valence-electron chi connectivity index (χ3n) is 3.99. The van der Waals surface area contributed by atoms with Gasteiger partial charge in [-0.1, -0.05) is 18.2 Å². The first kappa shape index (κ1) is 17.0. The summed E-state index contributed by atoms with van der Waals surface area (Å²) in [6.07, 6.45) is 0. The number of rotatable bonds is 5. The predicted octanol–water partition coefficient (Wildman–Crippen LogP) is 3.23. The first-order valence-electron chi connectivity index (χ1n) is 8.14. The van der Waals surface area contributed by atoms with Crippen LogP contribution in [0.3, 0.4) is 0 Å². The van der Waals surface area contributed by atoms with Gasteiger partial charge in [-0.2, -0.15) is 4.80 Å². The van der Waals surface area contributed by atoms with Gasteiger partial charge in [0.05, 0.1) is 23.4 Å². The van der Waals surface area contributed by atoms with Gasteiger partial charge in [0, 0.05) is 0 Å². The van der Waals surface area contributed by atoms with Crippen LogP contribution in [0.25, 0.3) is 16.7 Å². The summed E-state index contributed by atoms with van der Waals surface area (Å²) in [5, 5.41) is 8.85. The van der Waals surface area contributed by atoms with Crippen molar-refractivity contribution in [3.8, 4) is 11.4 Å². The number of hydrogen-bond acceptors (Lipinski definition) is 5. The van der Waals surface area contributed by atoms with Crippen LogP contribution in [0.2, 0.25) is 0 Å². The van der Waals surface area contributed by atoms with Crippen molar-refractivity contribution in [1.29, 1.82) is 0 Å². The molecule has 0 aliphatic rings. The molecule has 27 heavy (non-hydrogen) atoms. The topological polar surface area (TPSA) is 86.1 Å². The Kier molecular flexibility index (Phi) is 4.25. The lowest BCUT2D eigenvalue weighted by atomic mass is 10.3. The van der Waals surface area contributed by atoms with Crippen molar-refractivity contribution in [2.75, 3.05) is 11.8 Å². The molecule has 8 heteroatoms. The minimum atomic E-state index is -3.65. The minimum absolute atomic E-state index is 0.201. The lowest BCUT2D eigenvalue weighted by Gasteiger charge is -2.07. The van der Waals surface area contributed by atoms with Crippen molar-refractivity contribution >= 4 is 26.7 Å².